The third-order valence-electron chi connectivity index (χ3n) is 6.98. The van der Waals surface area contributed by atoms with Gasteiger partial charge in [0.15, 0.2) is 23.5 Å². The molecule has 2 aliphatic heterocycles. The highest BCUT2D eigenvalue weighted by molar-refractivity contribution is 6.08. The van der Waals surface area contributed by atoms with Gasteiger partial charge in [0.2, 0.25) is 0 Å². The Hall–Kier alpha value is -4.06. The SMILES string of the molecule is Cc1cc(-c2ncc3nc(C(F)(F)F)ccc3n2)ccc1N1C(=O)c2c(cnn2C2CCCCO2)OCC1C. The van der Waals surface area contributed by atoms with Crippen LogP contribution < -0.4 is 9.64 Å². The minimum Gasteiger partial charge on any atom is -0.487 e. The van der Waals surface area contributed by atoms with E-state index in [-0.39, 0.29) is 30.3 Å². The Kier molecular flexibility index (Phi) is 6.21. The number of pyridine rings is 1. The molecule has 202 valence electrons. The van der Waals surface area contributed by atoms with Gasteiger partial charge in [-0.1, -0.05) is 0 Å². The van der Waals surface area contributed by atoms with Crippen LogP contribution in [-0.4, -0.2) is 49.9 Å². The van der Waals surface area contributed by atoms with Crippen LogP contribution in [0.25, 0.3) is 22.4 Å². The van der Waals surface area contributed by atoms with E-state index in [1.54, 1.807) is 21.8 Å². The molecule has 6 rings (SSSR count). The van der Waals surface area contributed by atoms with Gasteiger partial charge in [0.05, 0.1) is 24.0 Å². The summed E-state index contributed by atoms with van der Waals surface area (Å²) in [5.74, 6) is 0.544. The molecular formula is C27H25F3N6O3. The summed E-state index contributed by atoms with van der Waals surface area (Å²) in [6.07, 6.45) is 0.722. The van der Waals surface area contributed by atoms with Gasteiger partial charge in [0.1, 0.15) is 17.8 Å². The second kappa shape index (κ2) is 9.60. The first-order chi connectivity index (χ1) is 18.7. The zero-order valence-electron chi connectivity index (χ0n) is 21.3. The number of fused-ring (bicyclic) bond motifs is 2. The number of amides is 1. The van der Waals surface area contributed by atoms with Crippen LogP contribution in [0.3, 0.4) is 0 Å². The Bertz CT molecular complexity index is 1560. The maximum atomic E-state index is 13.9. The molecule has 0 radical (unpaired) electrons. The molecule has 0 saturated carbocycles. The average molecular weight is 539 g/mol. The third-order valence-corrected chi connectivity index (χ3v) is 6.98. The van der Waals surface area contributed by atoms with Crippen molar-refractivity contribution in [1.82, 2.24) is 24.7 Å². The van der Waals surface area contributed by atoms with E-state index >= 15 is 0 Å². The number of aryl methyl sites for hydroxylation is 1. The number of rotatable bonds is 3. The molecule has 2 unspecified atom stereocenters. The van der Waals surface area contributed by atoms with Crippen LogP contribution in [0, 0.1) is 6.92 Å². The topological polar surface area (TPSA) is 95.3 Å². The van der Waals surface area contributed by atoms with E-state index in [1.807, 2.05) is 26.0 Å². The Morgan fingerprint density at radius 1 is 1.05 bits per heavy atom. The molecule has 0 aliphatic carbocycles. The van der Waals surface area contributed by atoms with Crippen molar-refractivity contribution in [3.63, 3.8) is 0 Å². The first-order valence-electron chi connectivity index (χ1n) is 12.7. The van der Waals surface area contributed by atoms with Gasteiger partial charge in [0, 0.05) is 17.9 Å². The third kappa shape index (κ3) is 4.58. The molecule has 1 fully saturated rings. The van der Waals surface area contributed by atoms with Crippen LogP contribution in [0.4, 0.5) is 18.9 Å². The maximum absolute atomic E-state index is 13.9. The number of benzene rings is 1. The first-order valence-corrected chi connectivity index (χ1v) is 12.7. The molecule has 0 N–H and O–H groups in total. The molecule has 5 heterocycles. The molecule has 1 amide bonds. The quantitative estimate of drug-likeness (QED) is 0.347. The minimum absolute atomic E-state index is 0.0558. The first kappa shape index (κ1) is 25.2. The predicted octanol–water partition coefficient (Wildman–Crippen LogP) is 5.34. The van der Waals surface area contributed by atoms with E-state index < -0.39 is 11.9 Å². The zero-order valence-corrected chi connectivity index (χ0v) is 21.3. The molecule has 3 aromatic heterocycles. The van der Waals surface area contributed by atoms with E-state index in [0.717, 1.165) is 30.9 Å². The fourth-order valence-electron chi connectivity index (χ4n) is 5.02. The van der Waals surface area contributed by atoms with Crippen LogP contribution in [-0.2, 0) is 10.9 Å². The van der Waals surface area contributed by atoms with Crippen molar-refractivity contribution in [2.24, 2.45) is 0 Å². The van der Waals surface area contributed by atoms with Crippen molar-refractivity contribution in [2.45, 2.75) is 51.6 Å². The van der Waals surface area contributed by atoms with Crippen molar-refractivity contribution in [3.05, 3.63) is 59.7 Å². The molecule has 4 aromatic rings. The Balaban J connectivity index is 1.33. The second-order valence-electron chi connectivity index (χ2n) is 9.75. The minimum atomic E-state index is -4.55. The van der Waals surface area contributed by atoms with Gasteiger partial charge in [-0.2, -0.15) is 18.3 Å². The number of nitrogens with zero attached hydrogens (tertiary/aromatic N) is 6. The monoisotopic (exact) mass is 538 g/mol. The van der Waals surface area contributed by atoms with Crippen LogP contribution >= 0.6 is 0 Å². The highest BCUT2D eigenvalue weighted by Crippen LogP contribution is 2.35. The summed E-state index contributed by atoms with van der Waals surface area (Å²) in [5, 5.41) is 4.42. The molecule has 12 heteroatoms. The van der Waals surface area contributed by atoms with Crippen LogP contribution in [0.5, 0.6) is 5.75 Å². The van der Waals surface area contributed by atoms with Crippen LogP contribution in [0.2, 0.25) is 0 Å². The summed E-state index contributed by atoms with van der Waals surface area (Å²) in [6.45, 7) is 4.70. The van der Waals surface area contributed by atoms with E-state index in [2.05, 4.69) is 20.1 Å². The molecule has 9 nitrogen and oxygen atoms in total. The van der Waals surface area contributed by atoms with E-state index in [9.17, 15) is 18.0 Å². The fourth-order valence-corrected chi connectivity index (χ4v) is 5.02. The highest BCUT2D eigenvalue weighted by atomic mass is 19.4. The van der Waals surface area contributed by atoms with Crippen molar-refractivity contribution in [1.29, 1.82) is 0 Å². The summed E-state index contributed by atoms with van der Waals surface area (Å²) in [4.78, 5) is 27.9. The normalized spacial score (nSPS) is 20.0. The lowest BCUT2D eigenvalue weighted by Gasteiger charge is -2.29. The van der Waals surface area contributed by atoms with Gasteiger partial charge in [-0.3, -0.25) is 4.79 Å². The number of anilines is 1. The number of alkyl halides is 3. The van der Waals surface area contributed by atoms with Gasteiger partial charge in [-0.15, -0.1) is 0 Å². The van der Waals surface area contributed by atoms with Crippen LogP contribution in [0.1, 0.15) is 54.2 Å². The molecule has 1 saturated heterocycles. The van der Waals surface area contributed by atoms with Gasteiger partial charge < -0.3 is 14.4 Å². The number of carbonyl (C=O) groups is 1. The van der Waals surface area contributed by atoms with Crippen molar-refractivity contribution < 1.29 is 27.4 Å². The summed E-state index contributed by atoms with van der Waals surface area (Å²) in [6, 6.07) is 7.38. The Morgan fingerprint density at radius 3 is 2.64 bits per heavy atom. The number of halogens is 3. The maximum Gasteiger partial charge on any atom is 0.433 e. The smallest absolute Gasteiger partial charge is 0.433 e. The summed E-state index contributed by atoms with van der Waals surface area (Å²) in [5.41, 5.74) is 1.87. The second-order valence-corrected chi connectivity index (χ2v) is 9.75. The molecule has 2 atom stereocenters. The summed E-state index contributed by atoms with van der Waals surface area (Å²) in [7, 11) is 0. The van der Waals surface area contributed by atoms with Gasteiger partial charge in [0.25, 0.3) is 5.91 Å². The van der Waals surface area contributed by atoms with E-state index in [0.29, 0.717) is 40.6 Å². The lowest BCUT2D eigenvalue weighted by atomic mass is 10.1. The highest BCUT2D eigenvalue weighted by Gasteiger charge is 2.36. The number of ether oxygens (including phenoxy) is 2. The average Bonchev–Trinajstić information content (AvgIpc) is 3.31. The lowest BCUT2D eigenvalue weighted by Crippen LogP contribution is -2.41. The molecular weight excluding hydrogens is 513 g/mol. The molecule has 1 aromatic carbocycles. The van der Waals surface area contributed by atoms with Gasteiger partial charge >= 0.3 is 6.18 Å². The van der Waals surface area contributed by atoms with Crippen LogP contribution in [0.15, 0.2) is 42.7 Å². The fraction of sp³-hybridized carbons (Fsp3) is 0.370. The van der Waals surface area contributed by atoms with Crippen molar-refractivity contribution in [2.75, 3.05) is 18.1 Å². The van der Waals surface area contributed by atoms with E-state index in [1.165, 1.54) is 12.3 Å². The molecule has 2 aliphatic rings. The molecule has 0 bridgehead atoms. The summed E-state index contributed by atoms with van der Waals surface area (Å²) >= 11 is 0. The van der Waals surface area contributed by atoms with E-state index in [4.69, 9.17) is 9.47 Å². The number of carbonyl (C=O) groups excluding carboxylic acids is 1. The lowest BCUT2D eigenvalue weighted by molar-refractivity contribution is -0.140. The molecule has 39 heavy (non-hydrogen) atoms. The number of hydrogen-bond donors (Lipinski definition) is 0. The number of hydrogen-bond acceptors (Lipinski definition) is 7. The Morgan fingerprint density at radius 2 is 1.90 bits per heavy atom. The largest absolute Gasteiger partial charge is 0.487 e. The van der Waals surface area contributed by atoms with Gasteiger partial charge in [-0.05, 0) is 69.0 Å². The summed E-state index contributed by atoms with van der Waals surface area (Å²) < 4.78 is 52.5. The number of aromatic nitrogens is 5. The zero-order chi connectivity index (χ0) is 27.3. The standard InChI is InChI=1S/C27H25F3N6O3/c1-15-11-17(25-31-12-19-18(34-25)7-9-22(33-19)27(28,29)30)6-8-20(15)35-16(2)14-39-21-13-32-36(24(21)26(35)37)23-5-3-4-10-38-23/h6-9,11-13,16,23H,3-5,10,14H2,1-2H3. The Labute approximate surface area is 221 Å². The predicted molar refractivity (Wildman–Crippen MR) is 135 cm³/mol. The van der Waals surface area contributed by atoms with Crippen molar-refractivity contribution in [3.8, 4) is 17.1 Å². The van der Waals surface area contributed by atoms with Crippen molar-refractivity contribution >= 4 is 22.6 Å². The van der Waals surface area contributed by atoms with Gasteiger partial charge in [-0.25, -0.2) is 19.6 Å². The molecule has 0 spiro atoms.